The van der Waals surface area contributed by atoms with Crippen LogP contribution in [0.4, 0.5) is 5.69 Å². The number of carbonyl (C=O) groups is 2. The lowest BCUT2D eigenvalue weighted by molar-refractivity contribution is -0.114. The summed E-state index contributed by atoms with van der Waals surface area (Å²) in [6, 6.07) is 10.7. The zero-order valence-corrected chi connectivity index (χ0v) is 11.3. The molecular weight excluding hydrogens is 266 g/mol. The third kappa shape index (κ3) is 1.98. The average Bonchev–Trinajstić information content (AvgIpc) is 2.74. The first-order chi connectivity index (χ1) is 10.1. The van der Waals surface area contributed by atoms with E-state index in [-0.39, 0.29) is 12.2 Å². The molecule has 2 heterocycles. The van der Waals surface area contributed by atoms with Crippen molar-refractivity contribution in [1.29, 1.82) is 5.26 Å². The lowest BCUT2D eigenvalue weighted by Gasteiger charge is -2.18. The molecule has 5 nitrogen and oxygen atoms in total. The zero-order chi connectivity index (χ0) is 15.0. The molecule has 1 amide bonds. The van der Waals surface area contributed by atoms with Gasteiger partial charge in [-0.1, -0.05) is 18.2 Å². The highest BCUT2D eigenvalue weighted by Gasteiger charge is 2.36. The van der Waals surface area contributed by atoms with E-state index in [0.717, 1.165) is 5.56 Å². The number of aryl methyl sites for hydroxylation is 1. The van der Waals surface area contributed by atoms with Crippen LogP contribution in [0.15, 0.2) is 36.5 Å². The van der Waals surface area contributed by atoms with Gasteiger partial charge < -0.3 is 0 Å². The Bertz CT molecular complexity index is 805. The minimum atomic E-state index is -0.563. The Kier molecular flexibility index (Phi) is 2.99. The van der Waals surface area contributed by atoms with Gasteiger partial charge in [-0.3, -0.25) is 14.5 Å². The van der Waals surface area contributed by atoms with Gasteiger partial charge in [0.05, 0.1) is 17.8 Å². The number of nitrogens with zero attached hydrogens (tertiary/aromatic N) is 3. The summed E-state index contributed by atoms with van der Waals surface area (Å²) in [5.41, 5.74) is 2.79. The van der Waals surface area contributed by atoms with Crippen molar-refractivity contribution in [3.05, 3.63) is 58.9 Å². The largest absolute Gasteiger partial charge is 0.300 e. The first-order valence-electron chi connectivity index (χ1n) is 6.43. The number of hydrogen-bond acceptors (Lipinski definition) is 4. The van der Waals surface area contributed by atoms with Crippen molar-refractivity contribution in [2.45, 2.75) is 13.5 Å². The molecule has 3 rings (SSSR count). The summed E-state index contributed by atoms with van der Waals surface area (Å²) in [6.07, 6.45) is 1.53. The molecule has 1 aromatic heterocycles. The van der Waals surface area contributed by atoms with Crippen LogP contribution in [0.2, 0.25) is 0 Å². The van der Waals surface area contributed by atoms with Gasteiger partial charge in [0.25, 0.3) is 11.7 Å². The Morgan fingerprint density at radius 1 is 1.24 bits per heavy atom. The van der Waals surface area contributed by atoms with Crippen molar-refractivity contribution < 1.29 is 9.59 Å². The molecule has 0 saturated heterocycles. The van der Waals surface area contributed by atoms with Gasteiger partial charge in [-0.05, 0) is 24.6 Å². The van der Waals surface area contributed by atoms with Crippen molar-refractivity contribution in [2.75, 3.05) is 4.90 Å². The lowest BCUT2D eigenvalue weighted by Crippen LogP contribution is -2.29. The summed E-state index contributed by atoms with van der Waals surface area (Å²) < 4.78 is 0. The van der Waals surface area contributed by atoms with Gasteiger partial charge in [0.2, 0.25) is 0 Å². The normalized spacial score (nSPS) is 13.2. The number of benzene rings is 1. The number of aromatic nitrogens is 1. The molecule has 21 heavy (non-hydrogen) atoms. The van der Waals surface area contributed by atoms with Crippen molar-refractivity contribution in [3.63, 3.8) is 0 Å². The van der Waals surface area contributed by atoms with Crippen molar-refractivity contribution >= 4 is 17.4 Å². The van der Waals surface area contributed by atoms with E-state index in [9.17, 15) is 9.59 Å². The van der Waals surface area contributed by atoms with E-state index in [2.05, 4.69) is 4.98 Å². The number of ketones is 1. The van der Waals surface area contributed by atoms with Gasteiger partial charge in [-0.15, -0.1) is 0 Å². The van der Waals surface area contributed by atoms with Crippen molar-refractivity contribution in [2.24, 2.45) is 0 Å². The average molecular weight is 277 g/mol. The van der Waals surface area contributed by atoms with Gasteiger partial charge >= 0.3 is 0 Å². The van der Waals surface area contributed by atoms with Crippen LogP contribution in [0.5, 0.6) is 0 Å². The van der Waals surface area contributed by atoms with E-state index in [1.165, 1.54) is 11.1 Å². The fraction of sp³-hybridized carbons (Fsp3) is 0.125. The van der Waals surface area contributed by atoms with Crippen LogP contribution >= 0.6 is 0 Å². The number of para-hydroxylation sites is 1. The smallest absolute Gasteiger partial charge is 0.299 e. The molecule has 0 atom stereocenters. The van der Waals surface area contributed by atoms with Crippen LogP contribution in [-0.2, 0) is 11.3 Å². The summed E-state index contributed by atoms with van der Waals surface area (Å²) in [5, 5.41) is 9.08. The number of fused-ring (bicyclic) bond motifs is 1. The van der Waals surface area contributed by atoms with E-state index < -0.39 is 11.7 Å². The highest BCUT2D eigenvalue weighted by molar-refractivity contribution is 6.52. The molecule has 1 aliphatic rings. The summed E-state index contributed by atoms with van der Waals surface area (Å²) >= 11 is 0. The van der Waals surface area contributed by atoms with E-state index in [1.54, 1.807) is 24.3 Å². The van der Waals surface area contributed by atoms with E-state index in [4.69, 9.17) is 5.26 Å². The number of rotatable bonds is 2. The molecular formula is C16H11N3O2. The Balaban J connectivity index is 2.07. The molecule has 102 valence electrons. The molecule has 0 radical (unpaired) electrons. The second-order valence-corrected chi connectivity index (χ2v) is 4.81. The number of amides is 1. The third-order valence-electron chi connectivity index (χ3n) is 3.52. The minimum Gasteiger partial charge on any atom is -0.300 e. The molecule has 0 N–H and O–H groups in total. The fourth-order valence-electron chi connectivity index (χ4n) is 2.53. The lowest BCUT2D eigenvalue weighted by atomic mass is 10.1. The first kappa shape index (κ1) is 13.0. The van der Waals surface area contributed by atoms with Gasteiger partial charge in [-0.25, -0.2) is 4.98 Å². The van der Waals surface area contributed by atoms with Crippen molar-refractivity contribution in [3.8, 4) is 6.07 Å². The molecule has 0 unspecified atom stereocenters. The van der Waals surface area contributed by atoms with Gasteiger partial charge in [0.1, 0.15) is 11.8 Å². The highest BCUT2D eigenvalue weighted by Crippen LogP contribution is 2.33. The van der Waals surface area contributed by atoms with Crippen LogP contribution < -0.4 is 4.90 Å². The maximum absolute atomic E-state index is 12.2. The molecule has 0 fully saturated rings. The molecule has 5 heteroatoms. The fourth-order valence-corrected chi connectivity index (χ4v) is 2.53. The van der Waals surface area contributed by atoms with Gasteiger partial charge in [-0.2, -0.15) is 5.26 Å². The number of pyridine rings is 1. The van der Waals surface area contributed by atoms with Gasteiger partial charge in [0.15, 0.2) is 0 Å². The van der Waals surface area contributed by atoms with Crippen molar-refractivity contribution in [1.82, 2.24) is 4.98 Å². The number of nitriles is 1. The summed E-state index contributed by atoms with van der Waals surface area (Å²) in [6.45, 7) is 2.02. The second kappa shape index (κ2) is 4.84. The molecule has 0 bridgehead atoms. The first-order valence-corrected chi connectivity index (χ1v) is 6.43. The van der Waals surface area contributed by atoms with Crippen LogP contribution in [-0.4, -0.2) is 16.7 Å². The molecule has 0 aliphatic carbocycles. The second-order valence-electron chi connectivity index (χ2n) is 4.81. The molecule has 0 spiro atoms. The van der Waals surface area contributed by atoms with Crippen LogP contribution in [0, 0.1) is 18.3 Å². The Morgan fingerprint density at radius 3 is 2.81 bits per heavy atom. The number of carbonyl (C=O) groups excluding carboxylic acids is 2. The SMILES string of the molecule is Cc1cccc2c1N(Cc1cccnc1C#N)C(=O)C2=O. The maximum Gasteiger partial charge on any atom is 0.299 e. The van der Waals surface area contributed by atoms with Gasteiger partial charge in [0, 0.05) is 11.8 Å². The summed E-state index contributed by atoms with van der Waals surface area (Å²) in [7, 11) is 0. The third-order valence-corrected chi connectivity index (χ3v) is 3.52. The van der Waals surface area contributed by atoms with E-state index in [1.807, 2.05) is 19.1 Å². The predicted molar refractivity (Wildman–Crippen MR) is 75.7 cm³/mol. The maximum atomic E-state index is 12.2. The van der Waals surface area contributed by atoms with Crippen LogP contribution in [0.3, 0.4) is 0 Å². The van der Waals surface area contributed by atoms with E-state index >= 15 is 0 Å². The summed E-state index contributed by atoms with van der Waals surface area (Å²) in [4.78, 5) is 29.6. The van der Waals surface area contributed by atoms with Crippen LogP contribution in [0.25, 0.3) is 0 Å². The Morgan fingerprint density at radius 2 is 2.05 bits per heavy atom. The number of anilines is 1. The molecule has 1 aromatic carbocycles. The molecule has 2 aromatic rings. The standard InChI is InChI=1S/C16H11N3O2/c1-10-4-2-6-12-14(10)19(16(21)15(12)20)9-11-5-3-7-18-13(11)8-17/h2-7H,9H2,1H3. The Labute approximate surface area is 121 Å². The monoisotopic (exact) mass is 277 g/mol. The molecule has 1 aliphatic heterocycles. The Hall–Kier alpha value is -3.00. The number of hydrogen-bond donors (Lipinski definition) is 0. The predicted octanol–water partition coefficient (Wildman–Crippen LogP) is 1.99. The zero-order valence-electron chi connectivity index (χ0n) is 11.3. The highest BCUT2D eigenvalue weighted by atomic mass is 16.2. The van der Waals surface area contributed by atoms with Crippen LogP contribution in [0.1, 0.15) is 27.2 Å². The topological polar surface area (TPSA) is 74.1 Å². The number of Topliss-reactive ketones (excluding diaryl/α,β-unsaturated/α-hetero) is 1. The minimum absolute atomic E-state index is 0.166. The quantitative estimate of drug-likeness (QED) is 0.787. The summed E-state index contributed by atoms with van der Waals surface area (Å²) in [5.74, 6) is -1.07. The van der Waals surface area contributed by atoms with E-state index in [0.29, 0.717) is 16.8 Å². The molecule has 0 saturated carbocycles.